The third-order valence-corrected chi connectivity index (χ3v) is 5.33. The Hall–Kier alpha value is -2.63. The summed E-state index contributed by atoms with van der Waals surface area (Å²) in [6.45, 7) is 8.74. The third-order valence-electron chi connectivity index (χ3n) is 5.33. The maximum atomic E-state index is 13.0. The molecule has 0 saturated carbocycles. The summed E-state index contributed by atoms with van der Waals surface area (Å²) in [4.78, 5) is 32.1. The van der Waals surface area contributed by atoms with Crippen molar-refractivity contribution in [2.75, 3.05) is 11.9 Å². The summed E-state index contributed by atoms with van der Waals surface area (Å²) in [6, 6.07) is 7.85. The molecule has 6 nitrogen and oxygen atoms in total. The largest absolute Gasteiger partial charge is 0.338 e. The molecular formula is C22H30N4O2. The van der Waals surface area contributed by atoms with Crippen molar-refractivity contribution in [2.45, 2.75) is 66.0 Å². The first kappa shape index (κ1) is 20.1. The van der Waals surface area contributed by atoms with Crippen LogP contribution in [-0.2, 0) is 11.3 Å². The molecule has 0 bridgehead atoms. The van der Waals surface area contributed by atoms with Crippen molar-refractivity contribution < 1.29 is 4.79 Å². The van der Waals surface area contributed by atoms with Gasteiger partial charge in [0, 0.05) is 30.0 Å². The highest BCUT2D eigenvalue weighted by atomic mass is 16.2. The van der Waals surface area contributed by atoms with E-state index < -0.39 is 0 Å². The number of piperidine rings is 1. The van der Waals surface area contributed by atoms with Crippen LogP contribution in [0.2, 0.25) is 0 Å². The van der Waals surface area contributed by atoms with Crippen molar-refractivity contribution in [3.8, 4) is 0 Å². The van der Waals surface area contributed by atoms with E-state index in [1.165, 1.54) is 10.6 Å². The van der Waals surface area contributed by atoms with Crippen molar-refractivity contribution in [2.24, 2.45) is 0 Å². The maximum absolute atomic E-state index is 13.0. The molecule has 1 aromatic heterocycles. The number of likely N-dealkylation sites (tertiary alicyclic amines) is 1. The van der Waals surface area contributed by atoms with Gasteiger partial charge in [0.15, 0.2) is 0 Å². The lowest BCUT2D eigenvalue weighted by molar-refractivity contribution is -0.135. The lowest BCUT2D eigenvalue weighted by Gasteiger charge is -2.35. The van der Waals surface area contributed by atoms with Gasteiger partial charge < -0.3 is 10.2 Å². The molecular weight excluding hydrogens is 352 g/mol. The van der Waals surface area contributed by atoms with E-state index in [-0.39, 0.29) is 24.1 Å². The molecule has 1 aromatic carbocycles. The molecule has 28 heavy (non-hydrogen) atoms. The smallest absolute Gasteiger partial charge is 0.255 e. The van der Waals surface area contributed by atoms with Gasteiger partial charge >= 0.3 is 0 Å². The zero-order chi connectivity index (χ0) is 20.3. The normalized spacial score (nSPS) is 16.9. The summed E-state index contributed by atoms with van der Waals surface area (Å²) in [7, 11) is 0. The minimum absolute atomic E-state index is 0.00967. The second-order valence-corrected chi connectivity index (χ2v) is 7.79. The number of hydrogen-bond donors (Lipinski definition) is 1. The standard InChI is InChI=1S/C22H30N4O2/c1-5-19-8-6-7-9-25(19)21(28)14-26-20(27)13-17(4)23-22(26)24-18-11-15(2)10-16(3)12-18/h10-13,19H,5-9,14H2,1-4H3,(H,23,24)/t19-/m0/s1. The van der Waals surface area contributed by atoms with Crippen molar-refractivity contribution in [1.29, 1.82) is 0 Å². The van der Waals surface area contributed by atoms with Crippen LogP contribution in [0.25, 0.3) is 0 Å². The molecule has 0 unspecified atom stereocenters. The maximum Gasteiger partial charge on any atom is 0.255 e. The van der Waals surface area contributed by atoms with Crippen LogP contribution in [0.15, 0.2) is 29.1 Å². The van der Waals surface area contributed by atoms with E-state index in [9.17, 15) is 9.59 Å². The zero-order valence-electron chi connectivity index (χ0n) is 17.3. The second kappa shape index (κ2) is 8.59. The Kier molecular flexibility index (Phi) is 6.17. The minimum Gasteiger partial charge on any atom is -0.338 e. The SMILES string of the molecule is CC[C@H]1CCCCN1C(=O)Cn1c(Nc2cc(C)cc(C)c2)nc(C)cc1=O. The summed E-state index contributed by atoms with van der Waals surface area (Å²) in [5.41, 5.74) is 3.53. The number of hydrogen-bond acceptors (Lipinski definition) is 4. The first-order chi connectivity index (χ1) is 13.4. The molecule has 1 aliphatic rings. The van der Waals surface area contributed by atoms with Crippen LogP contribution in [0, 0.1) is 20.8 Å². The number of aryl methyl sites for hydroxylation is 3. The van der Waals surface area contributed by atoms with Gasteiger partial charge in [0.1, 0.15) is 6.54 Å². The molecule has 3 rings (SSSR count). The zero-order valence-corrected chi connectivity index (χ0v) is 17.3. The fraction of sp³-hybridized carbons (Fsp3) is 0.500. The summed E-state index contributed by atoms with van der Waals surface area (Å²) < 4.78 is 1.45. The van der Waals surface area contributed by atoms with Crippen LogP contribution in [0.4, 0.5) is 11.6 Å². The Morgan fingerprint density at radius 3 is 2.54 bits per heavy atom. The highest BCUT2D eigenvalue weighted by Crippen LogP contribution is 2.21. The van der Waals surface area contributed by atoms with Gasteiger partial charge in [-0.15, -0.1) is 0 Å². The van der Waals surface area contributed by atoms with Crippen LogP contribution in [-0.4, -0.2) is 32.9 Å². The molecule has 150 valence electrons. The number of aromatic nitrogens is 2. The number of anilines is 2. The topological polar surface area (TPSA) is 67.2 Å². The molecule has 1 fully saturated rings. The predicted molar refractivity (Wildman–Crippen MR) is 112 cm³/mol. The number of nitrogens with one attached hydrogen (secondary N) is 1. The van der Waals surface area contributed by atoms with Crippen molar-refractivity contribution >= 4 is 17.5 Å². The fourth-order valence-electron chi connectivity index (χ4n) is 4.02. The van der Waals surface area contributed by atoms with Gasteiger partial charge in [0.05, 0.1) is 0 Å². The van der Waals surface area contributed by atoms with Crippen molar-refractivity contribution in [3.63, 3.8) is 0 Å². The average molecular weight is 383 g/mol. The Balaban J connectivity index is 1.90. The Bertz CT molecular complexity index is 899. The van der Waals surface area contributed by atoms with E-state index in [2.05, 4.69) is 23.3 Å². The van der Waals surface area contributed by atoms with Crippen LogP contribution in [0.1, 0.15) is 49.4 Å². The van der Waals surface area contributed by atoms with Gasteiger partial charge in [-0.05, 0) is 69.7 Å². The van der Waals surface area contributed by atoms with Gasteiger partial charge in [0.25, 0.3) is 5.56 Å². The minimum atomic E-state index is -0.210. The van der Waals surface area contributed by atoms with Crippen LogP contribution in [0.3, 0.4) is 0 Å². The second-order valence-electron chi connectivity index (χ2n) is 7.79. The number of benzene rings is 1. The van der Waals surface area contributed by atoms with Gasteiger partial charge in [-0.3, -0.25) is 14.2 Å². The van der Waals surface area contributed by atoms with Crippen molar-refractivity contribution in [1.82, 2.24) is 14.5 Å². The van der Waals surface area contributed by atoms with E-state index in [0.717, 1.165) is 49.0 Å². The van der Waals surface area contributed by atoms with Crippen LogP contribution >= 0.6 is 0 Å². The number of rotatable bonds is 5. The molecule has 1 N–H and O–H groups in total. The number of carbonyl (C=O) groups is 1. The molecule has 1 aliphatic heterocycles. The number of nitrogens with zero attached hydrogens (tertiary/aromatic N) is 3. The molecule has 1 amide bonds. The van der Waals surface area contributed by atoms with E-state index in [0.29, 0.717) is 11.6 Å². The number of carbonyl (C=O) groups excluding carboxylic acids is 1. The first-order valence-electron chi connectivity index (χ1n) is 10.1. The summed E-state index contributed by atoms with van der Waals surface area (Å²) in [6.07, 6.45) is 4.17. The van der Waals surface area contributed by atoms with Gasteiger partial charge in [-0.1, -0.05) is 13.0 Å². The Labute approximate surface area is 166 Å². The summed E-state index contributed by atoms with van der Waals surface area (Å²) in [5, 5.41) is 3.25. The first-order valence-corrected chi connectivity index (χ1v) is 10.1. The fourth-order valence-corrected chi connectivity index (χ4v) is 4.02. The molecule has 1 atom stereocenters. The lowest BCUT2D eigenvalue weighted by Crippen LogP contribution is -2.46. The van der Waals surface area contributed by atoms with Crippen molar-refractivity contribution in [3.05, 3.63) is 51.4 Å². The lowest BCUT2D eigenvalue weighted by atomic mass is 10.00. The van der Waals surface area contributed by atoms with E-state index in [4.69, 9.17) is 0 Å². The average Bonchev–Trinajstić information content (AvgIpc) is 2.63. The van der Waals surface area contributed by atoms with E-state index >= 15 is 0 Å². The Morgan fingerprint density at radius 2 is 1.86 bits per heavy atom. The Morgan fingerprint density at radius 1 is 1.14 bits per heavy atom. The predicted octanol–water partition coefficient (Wildman–Crippen LogP) is 3.70. The molecule has 2 heterocycles. The molecule has 0 spiro atoms. The van der Waals surface area contributed by atoms with Gasteiger partial charge in [0.2, 0.25) is 11.9 Å². The molecule has 6 heteroatoms. The highest BCUT2D eigenvalue weighted by molar-refractivity contribution is 5.77. The third kappa shape index (κ3) is 4.61. The molecule has 0 radical (unpaired) electrons. The number of amides is 1. The van der Waals surface area contributed by atoms with Crippen LogP contribution < -0.4 is 10.9 Å². The van der Waals surface area contributed by atoms with Gasteiger partial charge in [-0.25, -0.2) is 4.98 Å². The molecule has 1 saturated heterocycles. The van der Waals surface area contributed by atoms with E-state index in [1.807, 2.05) is 30.9 Å². The monoisotopic (exact) mass is 382 g/mol. The van der Waals surface area contributed by atoms with Crippen LogP contribution in [0.5, 0.6) is 0 Å². The quantitative estimate of drug-likeness (QED) is 0.856. The molecule has 2 aromatic rings. The summed E-state index contributed by atoms with van der Waals surface area (Å²) in [5.74, 6) is 0.399. The van der Waals surface area contributed by atoms with E-state index in [1.54, 1.807) is 6.92 Å². The molecule has 0 aliphatic carbocycles. The van der Waals surface area contributed by atoms with Gasteiger partial charge in [-0.2, -0.15) is 0 Å². The summed E-state index contributed by atoms with van der Waals surface area (Å²) >= 11 is 0. The highest BCUT2D eigenvalue weighted by Gasteiger charge is 2.26.